The molecular weight excluding hydrogens is 356 g/mol. The van der Waals surface area contributed by atoms with Gasteiger partial charge in [0, 0.05) is 19.6 Å². The van der Waals surface area contributed by atoms with Gasteiger partial charge < -0.3 is 0 Å². The van der Waals surface area contributed by atoms with E-state index in [1.807, 2.05) is 0 Å². The Hall–Kier alpha value is -0.190. The normalized spacial score (nSPS) is 19.0. The molecule has 120 valence electrons. The number of piperidine rings is 1. The lowest BCUT2D eigenvalue weighted by molar-refractivity contribution is 0.275. The molecule has 1 aromatic rings. The lowest BCUT2D eigenvalue weighted by Gasteiger charge is -2.30. The van der Waals surface area contributed by atoms with Crippen molar-refractivity contribution in [3.63, 3.8) is 0 Å². The zero-order chi connectivity index (χ0) is 15.7. The fraction of sp³-hybridized carbons (Fsp3) is 0.636. The van der Waals surface area contributed by atoms with Gasteiger partial charge in [-0.15, -0.1) is 11.3 Å². The predicted octanol–water partition coefficient (Wildman–Crippen LogP) is 1.35. The quantitative estimate of drug-likeness (QED) is 0.845. The Morgan fingerprint density at radius 1 is 1.29 bits per heavy atom. The molecule has 6 nitrogen and oxygen atoms in total. The molecule has 1 aromatic heterocycles. The number of rotatable bonds is 5. The van der Waals surface area contributed by atoms with Crippen LogP contribution in [-0.4, -0.2) is 47.0 Å². The van der Waals surface area contributed by atoms with Gasteiger partial charge in [0.05, 0.1) is 10.6 Å². The van der Waals surface area contributed by atoms with Gasteiger partial charge in [0.1, 0.15) is 4.21 Å². The number of thiophene rings is 1. The van der Waals surface area contributed by atoms with Crippen molar-refractivity contribution in [2.24, 2.45) is 5.92 Å². The first-order valence-electron chi connectivity index (χ1n) is 6.38. The van der Waals surface area contributed by atoms with Gasteiger partial charge in [0.2, 0.25) is 20.0 Å². The summed E-state index contributed by atoms with van der Waals surface area (Å²) in [5.41, 5.74) is 0. The average Bonchev–Trinajstić information content (AvgIpc) is 2.83. The third-order valence-corrected chi connectivity index (χ3v) is 7.87. The Balaban J connectivity index is 1.88. The summed E-state index contributed by atoms with van der Waals surface area (Å²) in [5.74, 6) is 0.146. The van der Waals surface area contributed by atoms with Gasteiger partial charge in [-0.2, -0.15) is 0 Å². The van der Waals surface area contributed by atoms with Crippen LogP contribution in [-0.2, 0) is 20.0 Å². The van der Waals surface area contributed by atoms with E-state index in [4.69, 9.17) is 11.6 Å². The van der Waals surface area contributed by atoms with Gasteiger partial charge in [-0.3, -0.25) is 0 Å². The van der Waals surface area contributed by atoms with Gasteiger partial charge in [-0.25, -0.2) is 25.9 Å². The fourth-order valence-corrected chi connectivity index (χ4v) is 5.70. The highest BCUT2D eigenvalue weighted by Gasteiger charge is 2.26. The number of hydrogen-bond donors (Lipinski definition) is 1. The van der Waals surface area contributed by atoms with E-state index in [0.29, 0.717) is 36.8 Å². The van der Waals surface area contributed by atoms with E-state index < -0.39 is 20.0 Å². The van der Waals surface area contributed by atoms with Gasteiger partial charge in [0.15, 0.2) is 0 Å². The number of sulfonamides is 2. The highest BCUT2D eigenvalue weighted by molar-refractivity contribution is 7.91. The summed E-state index contributed by atoms with van der Waals surface area (Å²) in [5, 5.41) is 0. The smallest absolute Gasteiger partial charge is 0.213 e. The van der Waals surface area contributed by atoms with E-state index in [1.54, 1.807) is 6.07 Å². The molecule has 0 aromatic carbocycles. The second-order valence-electron chi connectivity index (χ2n) is 5.02. The standard InChI is InChI=1S/C11H17ClN2O4S3/c1-20(15,16)14-6-4-9(5-7-14)8-13-21(17,18)11-3-2-10(12)19-11/h2-3,9,13H,4-8H2,1H3. The van der Waals surface area contributed by atoms with Crippen molar-refractivity contribution in [3.8, 4) is 0 Å². The summed E-state index contributed by atoms with van der Waals surface area (Å²) in [7, 11) is -6.68. The maximum absolute atomic E-state index is 12.0. The summed E-state index contributed by atoms with van der Waals surface area (Å²) in [6.45, 7) is 1.20. The lowest BCUT2D eigenvalue weighted by atomic mass is 9.99. The van der Waals surface area contributed by atoms with Gasteiger partial charge >= 0.3 is 0 Å². The monoisotopic (exact) mass is 372 g/mol. The molecule has 1 saturated heterocycles. The molecule has 0 saturated carbocycles. The van der Waals surface area contributed by atoms with Crippen molar-refractivity contribution < 1.29 is 16.8 Å². The van der Waals surface area contributed by atoms with Crippen molar-refractivity contribution in [2.75, 3.05) is 25.9 Å². The molecule has 1 fully saturated rings. The molecule has 1 N–H and O–H groups in total. The molecular formula is C11H17ClN2O4S3. The molecule has 0 spiro atoms. The molecule has 1 aliphatic heterocycles. The van der Waals surface area contributed by atoms with Gasteiger partial charge in [0.25, 0.3) is 0 Å². The van der Waals surface area contributed by atoms with Crippen LogP contribution in [0.25, 0.3) is 0 Å². The van der Waals surface area contributed by atoms with Crippen LogP contribution in [0.5, 0.6) is 0 Å². The van der Waals surface area contributed by atoms with Crippen molar-refractivity contribution in [2.45, 2.75) is 17.1 Å². The first-order chi connectivity index (χ1) is 9.68. The van der Waals surface area contributed by atoms with Crippen LogP contribution < -0.4 is 4.72 Å². The van der Waals surface area contributed by atoms with E-state index >= 15 is 0 Å². The van der Waals surface area contributed by atoms with Crippen molar-refractivity contribution >= 4 is 43.0 Å². The minimum atomic E-state index is -3.53. The molecule has 0 atom stereocenters. The van der Waals surface area contributed by atoms with Crippen molar-refractivity contribution in [1.82, 2.24) is 9.03 Å². The van der Waals surface area contributed by atoms with Crippen molar-refractivity contribution in [1.29, 1.82) is 0 Å². The third kappa shape index (κ3) is 4.64. The Morgan fingerprint density at radius 2 is 1.90 bits per heavy atom. The van der Waals surface area contributed by atoms with Gasteiger partial charge in [-0.1, -0.05) is 11.6 Å². The maximum atomic E-state index is 12.0. The van der Waals surface area contributed by atoms with E-state index in [0.717, 1.165) is 11.3 Å². The second kappa shape index (κ2) is 6.51. The van der Waals surface area contributed by atoms with Crippen LogP contribution in [0.3, 0.4) is 0 Å². The highest BCUT2D eigenvalue weighted by atomic mass is 35.5. The SMILES string of the molecule is CS(=O)(=O)N1CCC(CNS(=O)(=O)c2ccc(Cl)s2)CC1. The molecule has 2 rings (SSSR count). The second-order valence-corrected chi connectivity index (χ2v) is 10.7. The molecule has 0 amide bonds. The fourth-order valence-electron chi connectivity index (χ4n) is 2.19. The van der Waals surface area contributed by atoms with Crippen LogP contribution in [0, 0.1) is 5.92 Å². The van der Waals surface area contributed by atoms with E-state index in [-0.39, 0.29) is 10.1 Å². The first kappa shape index (κ1) is 17.2. The van der Waals surface area contributed by atoms with E-state index in [2.05, 4.69) is 4.72 Å². The largest absolute Gasteiger partial charge is 0.250 e. The molecule has 0 bridgehead atoms. The van der Waals surface area contributed by atoms with Gasteiger partial charge in [-0.05, 0) is 30.9 Å². The summed E-state index contributed by atoms with van der Waals surface area (Å²) in [6.07, 6.45) is 2.50. The van der Waals surface area contributed by atoms with Crippen LogP contribution in [0.15, 0.2) is 16.3 Å². The van der Waals surface area contributed by atoms with E-state index in [9.17, 15) is 16.8 Å². The summed E-state index contributed by atoms with van der Waals surface area (Å²) in [6, 6.07) is 3.02. The Bertz CT molecular complexity index is 691. The number of hydrogen-bond acceptors (Lipinski definition) is 5. The third-order valence-electron chi connectivity index (χ3n) is 3.42. The molecule has 0 radical (unpaired) electrons. The van der Waals surface area contributed by atoms with Crippen LogP contribution in [0.4, 0.5) is 0 Å². The molecule has 0 aliphatic carbocycles. The topological polar surface area (TPSA) is 83.6 Å². The zero-order valence-corrected chi connectivity index (χ0v) is 14.7. The molecule has 2 heterocycles. The summed E-state index contributed by atoms with van der Waals surface area (Å²) in [4.78, 5) is 0. The minimum Gasteiger partial charge on any atom is -0.213 e. The maximum Gasteiger partial charge on any atom is 0.250 e. The average molecular weight is 373 g/mol. The van der Waals surface area contributed by atoms with Crippen molar-refractivity contribution in [3.05, 3.63) is 16.5 Å². The van der Waals surface area contributed by atoms with Crippen LogP contribution in [0.2, 0.25) is 4.34 Å². The lowest BCUT2D eigenvalue weighted by Crippen LogP contribution is -2.40. The minimum absolute atomic E-state index is 0.146. The summed E-state index contributed by atoms with van der Waals surface area (Å²) >= 11 is 6.75. The van der Waals surface area contributed by atoms with E-state index in [1.165, 1.54) is 16.6 Å². The number of nitrogens with zero attached hydrogens (tertiary/aromatic N) is 1. The highest BCUT2D eigenvalue weighted by Crippen LogP contribution is 2.26. The Kier molecular flexibility index (Phi) is 5.32. The predicted molar refractivity (Wildman–Crippen MR) is 83.7 cm³/mol. The first-order valence-corrected chi connectivity index (χ1v) is 10.9. The number of halogens is 1. The number of nitrogens with one attached hydrogen (secondary N) is 1. The Morgan fingerprint density at radius 3 is 2.38 bits per heavy atom. The molecule has 21 heavy (non-hydrogen) atoms. The van der Waals surface area contributed by atoms with Crippen LogP contribution >= 0.6 is 22.9 Å². The molecule has 10 heteroatoms. The molecule has 0 unspecified atom stereocenters. The zero-order valence-electron chi connectivity index (χ0n) is 11.5. The Labute approximate surface area is 134 Å². The summed E-state index contributed by atoms with van der Waals surface area (Å²) < 4.78 is 51.5. The molecule has 1 aliphatic rings. The van der Waals surface area contributed by atoms with Crippen LogP contribution in [0.1, 0.15) is 12.8 Å².